The first-order chi connectivity index (χ1) is 25.6. The minimum Gasteiger partial charge on any atom is -0.310 e. The molecule has 0 bridgehead atoms. The Morgan fingerprint density at radius 3 is 1.67 bits per heavy atom. The van der Waals surface area contributed by atoms with Crippen LogP contribution in [-0.4, -0.2) is 4.57 Å². The van der Waals surface area contributed by atoms with Gasteiger partial charge in [0.25, 0.3) is 0 Å². The quantitative estimate of drug-likeness (QED) is 0.164. The lowest BCUT2D eigenvalue weighted by atomic mass is 9.96. The number of fused-ring (bicyclic) bond motifs is 3. The first-order valence-electron chi connectivity index (χ1n) is 17.6. The smallest absolute Gasteiger partial charge is 0.123 e. The van der Waals surface area contributed by atoms with Gasteiger partial charge in [0, 0.05) is 33.5 Å². The van der Waals surface area contributed by atoms with Crippen LogP contribution in [-0.2, 0) is 0 Å². The van der Waals surface area contributed by atoms with Crippen molar-refractivity contribution in [2.45, 2.75) is 6.92 Å². The van der Waals surface area contributed by atoms with Crippen molar-refractivity contribution in [1.82, 2.24) is 4.57 Å². The van der Waals surface area contributed by atoms with Gasteiger partial charge in [-0.25, -0.2) is 4.39 Å². The molecule has 1 aromatic heterocycles. The zero-order valence-electron chi connectivity index (χ0n) is 28.7. The summed E-state index contributed by atoms with van der Waals surface area (Å²) < 4.78 is 16.4. The molecule has 0 fully saturated rings. The summed E-state index contributed by atoms with van der Waals surface area (Å²) in [6.07, 6.45) is 0. The summed E-state index contributed by atoms with van der Waals surface area (Å²) in [6, 6.07) is 67.2. The Kier molecular flexibility index (Phi) is 7.94. The van der Waals surface area contributed by atoms with Crippen LogP contribution in [0.5, 0.6) is 0 Å². The van der Waals surface area contributed by atoms with E-state index in [-0.39, 0.29) is 5.82 Å². The summed E-state index contributed by atoms with van der Waals surface area (Å²) in [6.45, 7) is 2.19. The Hall–Kier alpha value is -6.71. The topological polar surface area (TPSA) is 8.17 Å². The van der Waals surface area contributed by atoms with Gasteiger partial charge in [-0.05, 0) is 131 Å². The van der Waals surface area contributed by atoms with Gasteiger partial charge in [0.1, 0.15) is 5.82 Å². The van der Waals surface area contributed by atoms with E-state index in [4.69, 9.17) is 0 Å². The third-order valence-electron chi connectivity index (χ3n) is 9.93. The van der Waals surface area contributed by atoms with Gasteiger partial charge in [0.05, 0.1) is 11.0 Å². The maximum absolute atomic E-state index is 14.0. The molecule has 9 rings (SSSR count). The third kappa shape index (κ3) is 5.73. The molecule has 9 aromatic rings. The fourth-order valence-electron chi connectivity index (χ4n) is 7.44. The fraction of sp³-hybridized carbons (Fsp3) is 0.0204. The van der Waals surface area contributed by atoms with Crippen LogP contribution < -0.4 is 4.90 Å². The van der Waals surface area contributed by atoms with Crippen molar-refractivity contribution in [2.75, 3.05) is 4.90 Å². The summed E-state index contributed by atoms with van der Waals surface area (Å²) in [5, 5.41) is 2.47. The van der Waals surface area contributed by atoms with E-state index in [2.05, 4.69) is 174 Å². The summed E-state index contributed by atoms with van der Waals surface area (Å²) in [5.41, 5.74) is 14.4. The predicted octanol–water partition coefficient (Wildman–Crippen LogP) is 13.7. The number of halogens is 1. The summed E-state index contributed by atoms with van der Waals surface area (Å²) in [4.78, 5) is 2.33. The number of nitrogens with zero attached hydrogens (tertiary/aromatic N) is 2. The van der Waals surface area contributed by atoms with E-state index in [1.807, 2.05) is 24.3 Å². The van der Waals surface area contributed by atoms with Crippen LogP contribution in [0.3, 0.4) is 0 Å². The average molecular weight is 671 g/mol. The molecule has 3 heteroatoms. The molecule has 52 heavy (non-hydrogen) atoms. The second kappa shape index (κ2) is 13.2. The highest BCUT2D eigenvalue weighted by atomic mass is 19.1. The molecule has 0 atom stereocenters. The van der Waals surface area contributed by atoms with Gasteiger partial charge in [-0.3, -0.25) is 0 Å². The van der Waals surface area contributed by atoms with Crippen LogP contribution in [0.4, 0.5) is 21.5 Å². The Bertz CT molecular complexity index is 2680. The van der Waals surface area contributed by atoms with Crippen molar-refractivity contribution in [3.05, 3.63) is 206 Å². The molecule has 0 unspecified atom stereocenters. The van der Waals surface area contributed by atoms with E-state index in [1.54, 1.807) is 0 Å². The molecule has 0 spiro atoms. The van der Waals surface area contributed by atoms with Crippen LogP contribution in [0.2, 0.25) is 0 Å². The van der Waals surface area contributed by atoms with E-state index < -0.39 is 0 Å². The highest BCUT2D eigenvalue weighted by Gasteiger charge is 2.19. The van der Waals surface area contributed by atoms with Crippen LogP contribution in [0.1, 0.15) is 5.56 Å². The lowest BCUT2D eigenvalue weighted by Crippen LogP contribution is -2.11. The largest absolute Gasteiger partial charge is 0.310 e. The van der Waals surface area contributed by atoms with E-state index in [9.17, 15) is 4.39 Å². The Labute approximate surface area is 303 Å². The highest BCUT2D eigenvalue weighted by Crippen LogP contribution is 2.42. The minimum absolute atomic E-state index is 0.245. The van der Waals surface area contributed by atoms with Crippen molar-refractivity contribution in [3.63, 3.8) is 0 Å². The van der Waals surface area contributed by atoms with Crippen LogP contribution >= 0.6 is 0 Å². The maximum atomic E-state index is 14.0. The van der Waals surface area contributed by atoms with Crippen LogP contribution in [0, 0.1) is 12.7 Å². The molecule has 0 aliphatic rings. The monoisotopic (exact) mass is 670 g/mol. The minimum atomic E-state index is -0.245. The zero-order chi connectivity index (χ0) is 35.0. The molecule has 0 saturated carbocycles. The van der Waals surface area contributed by atoms with Gasteiger partial charge in [0.2, 0.25) is 0 Å². The normalized spacial score (nSPS) is 11.3. The number of aromatic nitrogens is 1. The molecule has 0 saturated heterocycles. The van der Waals surface area contributed by atoms with Crippen molar-refractivity contribution < 1.29 is 4.39 Å². The molecule has 0 radical (unpaired) electrons. The molecule has 0 aliphatic heterocycles. The number of hydrogen-bond acceptors (Lipinski definition) is 1. The summed E-state index contributed by atoms with van der Waals surface area (Å²) >= 11 is 0. The molecule has 0 amide bonds. The number of anilines is 3. The van der Waals surface area contributed by atoms with Gasteiger partial charge < -0.3 is 9.47 Å². The van der Waals surface area contributed by atoms with E-state index in [0.29, 0.717) is 0 Å². The summed E-state index contributed by atoms with van der Waals surface area (Å²) in [7, 11) is 0. The molecule has 1 heterocycles. The van der Waals surface area contributed by atoms with Crippen molar-refractivity contribution in [3.8, 4) is 39.1 Å². The first-order valence-corrected chi connectivity index (χ1v) is 17.6. The van der Waals surface area contributed by atoms with Crippen LogP contribution in [0.25, 0.3) is 60.9 Å². The molecule has 248 valence electrons. The first kappa shape index (κ1) is 31.3. The van der Waals surface area contributed by atoms with Gasteiger partial charge in [0.15, 0.2) is 0 Å². The third-order valence-corrected chi connectivity index (χ3v) is 9.93. The predicted molar refractivity (Wildman–Crippen MR) is 216 cm³/mol. The number of rotatable bonds is 7. The molecule has 2 nitrogen and oxygen atoms in total. The fourth-order valence-corrected chi connectivity index (χ4v) is 7.44. The molecule has 0 aliphatic carbocycles. The Morgan fingerprint density at radius 1 is 0.404 bits per heavy atom. The number of aryl methyl sites for hydroxylation is 1. The second-order valence-electron chi connectivity index (χ2n) is 13.2. The van der Waals surface area contributed by atoms with Crippen molar-refractivity contribution in [1.29, 1.82) is 0 Å². The van der Waals surface area contributed by atoms with Gasteiger partial charge >= 0.3 is 0 Å². The summed E-state index contributed by atoms with van der Waals surface area (Å²) in [5.74, 6) is -0.245. The Balaban J connectivity index is 1.18. The second-order valence-corrected chi connectivity index (χ2v) is 13.2. The number of para-hydroxylation sites is 3. The standard InChI is InChI=1S/C49H35FN2/c1-34-29-37(38-24-28-49-46(33-38)45-19-11-12-20-48(45)52(49)43-17-9-4-10-18-43)23-27-47(34)51(42-15-7-3-8-16-42)44-31-39(35-13-5-2-6-14-35)30-40(32-44)36-21-25-41(50)26-22-36/h2-33H,1H3. The zero-order valence-corrected chi connectivity index (χ0v) is 28.7. The SMILES string of the molecule is Cc1cc(-c2ccc3c(c2)c2ccccc2n3-c2ccccc2)ccc1N(c1ccccc1)c1cc(-c2ccccc2)cc(-c2ccc(F)cc2)c1. The highest BCUT2D eigenvalue weighted by molar-refractivity contribution is 6.10. The van der Waals surface area contributed by atoms with E-state index >= 15 is 0 Å². The van der Waals surface area contributed by atoms with Gasteiger partial charge in [-0.1, -0.05) is 109 Å². The van der Waals surface area contributed by atoms with Crippen molar-refractivity contribution in [2.24, 2.45) is 0 Å². The average Bonchev–Trinajstić information content (AvgIpc) is 3.53. The van der Waals surface area contributed by atoms with Crippen LogP contribution in [0.15, 0.2) is 194 Å². The number of benzene rings is 8. The van der Waals surface area contributed by atoms with E-state index in [1.165, 1.54) is 39.5 Å². The molecular weight excluding hydrogens is 636 g/mol. The van der Waals surface area contributed by atoms with Gasteiger partial charge in [-0.15, -0.1) is 0 Å². The van der Waals surface area contributed by atoms with Gasteiger partial charge in [-0.2, -0.15) is 0 Å². The lowest BCUT2D eigenvalue weighted by Gasteiger charge is -2.28. The lowest BCUT2D eigenvalue weighted by molar-refractivity contribution is 0.628. The molecule has 0 N–H and O–H groups in total. The number of hydrogen-bond donors (Lipinski definition) is 0. The van der Waals surface area contributed by atoms with E-state index in [0.717, 1.165) is 56.1 Å². The Morgan fingerprint density at radius 2 is 0.962 bits per heavy atom. The maximum Gasteiger partial charge on any atom is 0.123 e. The molecule has 8 aromatic carbocycles. The van der Waals surface area contributed by atoms with Crippen molar-refractivity contribution >= 4 is 38.9 Å². The molecular formula is C49H35FN2.